The maximum absolute atomic E-state index is 11.0. The Morgan fingerprint density at radius 1 is 1.70 bits per heavy atom. The number of rotatable bonds is 0. The van der Waals surface area contributed by atoms with E-state index >= 15 is 0 Å². The summed E-state index contributed by atoms with van der Waals surface area (Å²) in [6.45, 7) is 1.88. The van der Waals surface area contributed by atoms with Gasteiger partial charge >= 0.3 is 0 Å². The molecule has 0 aliphatic heterocycles. The molecule has 0 saturated heterocycles. The standard InChI is InChI=1S/C6H7NOS2/c1-4-3-5(8)7(2)6(9)10-4/h3H,1-2H3. The van der Waals surface area contributed by atoms with Crippen molar-refractivity contribution in [3.63, 3.8) is 0 Å². The molecule has 4 heteroatoms. The summed E-state index contributed by atoms with van der Waals surface area (Å²) in [6, 6.07) is 1.58. The van der Waals surface area contributed by atoms with Crippen molar-refractivity contribution in [1.82, 2.24) is 4.57 Å². The number of hydrogen-bond acceptors (Lipinski definition) is 3. The van der Waals surface area contributed by atoms with Crippen LogP contribution in [0.3, 0.4) is 0 Å². The van der Waals surface area contributed by atoms with Crippen molar-refractivity contribution in [1.29, 1.82) is 0 Å². The lowest BCUT2D eigenvalue weighted by Gasteiger charge is -1.94. The third kappa shape index (κ3) is 1.33. The Labute approximate surface area is 67.8 Å². The first-order valence-electron chi connectivity index (χ1n) is 2.79. The predicted molar refractivity (Wildman–Crippen MR) is 45.1 cm³/mol. The summed E-state index contributed by atoms with van der Waals surface area (Å²) < 4.78 is 2.09. The maximum atomic E-state index is 11.0. The van der Waals surface area contributed by atoms with E-state index in [1.807, 2.05) is 6.92 Å². The van der Waals surface area contributed by atoms with Crippen molar-refractivity contribution in [2.75, 3.05) is 0 Å². The molecule has 0 aromatic carbocycles. The van der Waals surface area contributed by atoms with Crippen LogP contribution in [0.2, 0.25) is 0 Å². The molecule has 1 aromatic rings. The van der Waals surface area contributed by atoms with Crippen molar-refractivity contribution in [2.45, 2.75) is 6.92 Å². The Kier molecular flexibility index (Phi) is 2.01. The zero-order valence-corrected chi connectivity index (χ0v) is 7.38. The zero-order valence-electron chi connectivity index (χ0n) is 5.75. The van der Waals surface area contributed by atoms with Crippen molar-refractivity contribution in [2.24, 2.45) is 7.05 Å². The third-order valence-corrected chi connectivity index (χ3v) is 2.59. The fourth-order valence-electron chi connectivity index (χ4n) is 0.596. The molecule has 0 saturated carbocycles. The monoisotopic (exact) mass is 173 g/mol. The summed E-state index contributed by atoms with van der Waals surface area (Å²) in [5.41, 5.74) is -0.0266. The molecular weight excluding hydrogens is 166 g/mol. The quantitative estimate of drug-likeness (QED) is 0.554. The van der Waals surface area contributed by atoms with E-state index in [2.05, 4.69) is 0 Å². The lowest BCUT2D eigenvalue weighted by Crippen LogP contribution is -2.14. The second-order valence-corrected chi connectivity index (χ2v) is 3.90. The van der Waals surface area contributed by atoms with E-state index in [0.29, 0.717) is 3.95 Å². The van der Waals surface area contributed by atoms with Crippen molar-refractivity contribution in [3.8, 4) is 0 Å². The molecule has 0 N–H and O–H groups in total. The molecule has 1 rings (SSSR count). The molecule has 0 unspecified atom stereocenters. The van der Waals surface area contributed by atoms with E-state index in [0.717, 1.165) is 4.88 Å². The smallest absolute Gasteiger partial charge is 0.253 e. The second kappa shape index (κ2) is 2.64. The Balaban J connectivity index is 3.62. The van der Waals surface area contributed by atoms with E-state index in [9.17, 15) is 4.79 Å². The van der Waals surface area contributed by atoms with E-state index < -0.39 is 0 Å². The normalized spacial score (nSPS) is 9.80. The van der Waals surface area contributed by atoms with Crippen LogP contribution in [-0.2, 0) is 7.05 Å². The first-order valence-corrected chi connectivity index (χ1v) is 4.01. The molecule has 54 valence electrons. The first kappa shape index (κ1) is 7.63. The number of aromatic nitrogens is 1. The second-order valence-electron chi connectivity index (χ2n) is 2.02. The highest BCUT2D eigenvalue weighted by Gasteiger charge is 1.92. The lowest BCUT2D eigenvalue weighted by molar-refractivity contribution is 0.863. The van der Waals surface area contributed by atoms with Crippen molar-refractivity contribution >= 4 is 23.6 Å². The van der Waals surface area contributed by atoms with Gasteiger partial charge in [0.25, 0.3) is 5.56 Å². The van der Waals surface area contributed by atoms with Gasteiger partial charge in [-0.2, -0.15) is 0 Å². The average molecular weight is 173 g/mol. The lowest BCUT2D eigenvalue weighted by atomic mass is 10.5. The highest BCUT2D eigenvalue weighted by Crippen LogP contribution is 2.02. The Morgan fingerprint density at radius 2 is 2.30 bits per heavy atom. The third-order valence-electron chi connectivity index (χ3n) is 1.18. The molecule has 0 aliphatic carbocycles. The van der Waals surface area contributed by atoms with Gasteiger partial charge in [0.1, 0.15) is 0 Å². The van der Waals surface area contributed by atoms with Crippen LogP contribution in [0.25, 0.3) is 0 Å². The molecule has 0 amide bonds. The Morgan fingerprint density at radius 3 is 2.80 bits per heavy atom. The zero-order chi connectivity index (χ0) is 7.72. The molecule has 0 bridgehead atoms. The van der Waals surface area contributed by atoms with Crippen molar-refractivity contribution in [3.05, 3.63) is 25.3 Å². The van der Waals surface area contributed by atoms with Crippen LogP contribution < -0.4 is 5.56 Å². The van der Waals surface area contributed by atoms with Gasteiger partial charge in [-0.05, 0) is 19.1 Å². The molecular formula is C6H7NOS2. The summed E-state index contributed by atoms with van der Waals surface area (Å²) in [6.07, 6.45) is 0. The van der Waals surface area contributed by atoms with Crippen LogP contribution in [0.15, 0.2) is 10.9 Å². The minimum Gasteiger partial charge on any atom is -0.294 e. The van der Waals surface area contributed by atoms with E-state index in [-0.39, 0.29) is 5.56 Å². The highest BCUT2D eigenvalue weighted by atomic mass is 32.1. The molecule has 0 atom stereocenters. The molecule has 1 aromatic heterocycles. The molecule has 0 fully saturated rings. The van der Waals surface area contributed by atoms with Gasteiger partial charge < -0.3 is 0 Å². The summed E-state index contributed by atoms with van der Waals surface area (Å²) >= 11 is 6.36. The van der Waals surface area contributed by atoms with Gasteiger partial charge in [-0.15, -0.1) is 11.3 Å². The molecule has 1 heterocycles. The molecule has 2 nitrogen and oxygen atoms in total. The van der Waals surface area contributed by atoms with E-state index in [1.54, 1.807) is 13.1 Å². The summed E-state index contributed by atoms with van der Waals surface area (Å²) in [5, 5.41) is 0. The fraction of sp³-hybridized carbons (Fsp3) is 0.333. The summed E-state index contributed by atoms with van der Waals surface area (Å²) in [4.78, 5) is 11.9. The summed E-state index contributed by atoms with van der Waals surface area (Å²) in [7, 11) is 1.68. The number of hydrogen-bond donors (Lipinski definition) is 0. The van der Waals surface area contributed by atoms with Gasteiger partial charge in [0.15, 0.2) is 3.95 Å². The minimum absolute atomic E-state index is 0.0266. The Bertz CT molecular complexity index is 318. The highest BCUT2D eigenvalue weighted by molar-refractivity contribution is 7.73. The van der Waals surface area contributed by atoms with Crippen LogP contribution in [-0.4, -0.2) is 4.57 Å². The van der Waals surface area contributed by atoms with Gasteiger partial charge in [0, 0.05) is 18.0 Å². The van der Waals surface area contributed by atoms with Gasteiger partial charge in [-0.1, -0.05) is 0 Å². The fourth-order valence-corrected chi connectivity index (χ4v) is 1.74. The molecule has 0 aliphatic rings. The van der Waals surface area contributed by atoms with Crippen LogP contribution in [0.5, 0.6) is 0 Å². The van der Waals surface area contributed by atoms with E-state index in [1.165, 1.54) is 15.9 Å². The van der Waals surface area contributed by atoms with Crippen LogP contribution in [0.1, 0.15) is 4.88 Å². The number of aryl methyl sites for hydroxylation is 1. The minimum atomic E-state index is -0.0266. The van der Waals surface area contributed by atoms with Gasteiger partial charge in [-0.3, -0.25) is 9.36 Å². The predicted octanol–water partition coefficient (Wildman–Crippen LogP) is 1.48. The molecule has 0 radical (unpaired) electrons. The van der Waals surface area contributed by atoms with E-state index in [4.69, 9.17) is 12.2 Å². The van der Waals surface area contributed by atoms with Crippen LogP contribution >= 0.6 is 23.6 Å². The number of nitrogens with zero attached hydrogens (tertiary/aromatic N) is 1. The SMILES string of the molecule is Cc1cc(=O)n(C)c(=S)s1. The van der Waals surface area contributed by atoms with Gasteiger partial charge in [0.05, 0.1) is 0 Å². The van der Waals surface area contributed by atoms with Crippen molar-refractivity contribution < 1.29 is 0 Å². The van der Waals surface area contributed by atoms with Gasteiger partial charge in [0.2, 0.25) is 0 Å². The first-order chi connectivity index (χ1) is 4.61. The van der Waals surface area contributed by atoms with Crippen LogP contribution in [0.4, 0.5) is 0 Å². The molecule has 0 spiro atoms. The average Bonchev–Trinajstić information content (AvgIpc) is 1.82. The summed E-state index contributed by atoms with van der Waals surface area (Å²) in [5.74, 6) is 0. The topological polar surface area (TPSA) is 22.0 Å². The Hall–Kier alpha value is -0.480. The van der Waals surface area contributed by atoms with Gasteiger partial charge in [-0.25, -0.2) is 0 Å². The molecule has 10 heavy (non-hydrogen) atoms. The maximum Gasteiger partial charge on any atom is 0.253 e. The largest absolute Gasteiger partial charge is 0.294 e. The van der Waals surface area contributed by atoms with Crippen LogP contribution in [0, 0.1) is 10.9 Å².